The number of nitrogens with zero attached hydrogens (tertiary/aromatic N) is 3. The summed E-state index contributed by atoms with van der Waals surface area (Å²) >= 11 is 0. The van der Waals surface area contributed by atoms with E-state index in [4.69, 9.17) is 0 Å². The molecule has 38 heavy (non-hydrogen) atoms. The molecule has 2 heterocycles. The van der Waals surface area contributed by atoms with Gasteiger partial charge in [0.05, 0.1) is 11.3 Å². The van der Waals surface area contributed by atoms with E-state index in [2.05, 4.69) is 10.4 Å². The number of nitrogens with one attached hydrogen (secondary N) is 1. The van der Waals surface area contributed by atoms with E-state index in [0.717, 1.165) is 24.6 Å². The second-order valence-electron chi connectivity index (χ2n) is 8.69. The largest absolute Gasteiger partial charge is 0.416 e. The number of hydrogen-bond donors (Lipinski definition) is 1. The van der Waals surface area contributed by atoms with Crippen LogP contribution in [0.5, 0.6) is 0 Å². The quantitative estimate of drug-likeness (QED) is 0.410. The summed E-state index contributed by atoms with van der Waals surface area (Å²) in [6, 6.07) is 8.52. The fraction of sp³-hybridized carbons (Fsp3) is 0.346. The Bertz CT molecular complexity index is 1300. The van der Waals surface area contributed by atoms with Crippen molar-refractivity contribution >= 4 is 44.6 Å². The van der Waals surface area contributed by atoms with Gasteiger partial charge in [0.2, 0.25) is 0 Å². The number of carbonyl (C=O) groups excluding carboxylic acids is 2. The summed E-state index contributed by atoms with van der Waals surface area (Å²) in [7, 11) is 0. The number of alkyl halides is 3. The van der Waals surface area contributed by atoms with Crippen molar-refractivity contribution in [2.24, 2.45) is 0 Å². The van der Waals surface area contributed by atoms with Crippen LogP contribution < -0.4 is 10.2 Å². The fourth-order valence-corrected chi connectivity index (χ4v) is 4.72. The van der Waals surface area contributed by atoms with Gasteiger partial charge in [-0.15, -0.1) is 0 Å². The number of benzene rings is 2. The second kappa shape index (κ2) is 12.2. The fourth-order valence-electron chi connectivity index (χ4n) is 4.72. The van der Waals surface area contributed by atoms with Gasteiger partial charge in [0.25, 0.3) is 11.8 Å². The van der Waals surface area contributed by atoms with E-state index >= 15 is 0 Å². The molecule has 0 aliphatic carbocycles. The van der Waals surface area contributed by atoms with Gasteiger partial charge in [-0.05, 0) is 56.2 Å². The van der Waals surface area contributed by atoms with Crippen LogP contribution in [0.3, 0.4) is 0 Å². The van der Waals surface area contributed by atoms with E-state index in [9.17, 15) is 27.2 Å². The number of amides is 2. The summed E-state index contributed by atoms with van der Waals surface area (Å²) in [6.07, 6.45) is -3.84. The van der Waals surface area contributed by atoms with Crippen molar-refractivity contribution in [3.63, 3.8) is 0 Å². The van der Waals surface area contributed by atoms with Crippen LogP contribution in [0.4, 0.5) is 23.4 Å². The Morgan fingerprint density at radius 3 is 2.32 bits per heavy atom. The summed E-state index contributed by atoms with van der Waals surface area (Å²) in [5.41, 5.74) is 0.759. The zero-order chi connectivity index (χ0) is 26.2. The molecule has 1 aliphatic rings. The van der Waals surface area contributed by atoms with E-state index in [0.29, 0.717) is 35.7 Å². The molecule has 0 unspecified atom stereocenters. The van der Waals surface area contributed by atoms with Crippen LogP contribution in [0.2, 0.25) is 0 Å². The summed E-state index contributed by atoms with van der Waals surface area (Å²) in [5.74, 6) is -1.79. The van der Waals surface area contributed by atoms with Crippen molar-refractivity contribution in [3.8, 4) is 0 Å². The Balaban J connectivity index is 0.00000253. The van der Waals surface area contributed by atoms with Gasteiger partial charge < -0.3 is 5.32 Å². The van der Waals surface area contributed by atoms with Gasteiger partial charge in [0, 0.05) is 30.1 Å². The van der Waals surface area contributed by atoms with E-state index in [-0.39, 0.29) is 32.6 Å². The van der Waals surface area contributed by atoms with E-state index in [1.165, 1.54) is 23.1 Å². The Labute approximate surface area is 232 Å². The molecular formula is C26H30F4N4O2S2. The van der Waals surface area contributed by atoms with Gasteiger partial charge in [-0.1, -0.05) is 25.1 Å². The normalized spacial score (nSPS) is 16.8. The van der Waals surface area contributed by atoms with Crippen LogP contribution >= 0.6 is 27.0 Å². The third kappa shape index (κ3) is 5.85. The van der Waals surface area contributed by atoms with Crippen molar-refractivity contribution in [1.82, 2.24) is 15.1 Å². The number of hydrogen-bond acceptors (Lipinski definition) is 3. The molecule has 0 fully saturated rings. The molecule has 4 rings (SSSR count). The maximum atomic E-state index is 13.7. The minimum absolute atomic E-state index is 0. The van der Waals surface area contributed by atoms with Crippen LogP contribution in [0, 0.1) is 12.7 Å². The maximum absolute atomic E-state index is 13.7. The molecule has 2 amide bonds. The van der Waals surface area contributed by atoms with Crippen molar-refractivity contribution in [2.75, 3.05) is 11.4 Å². The van der Waals surface area contributed by atoms with Crippen molar-refractivity contribution in [1.29, 1.82) is 0 Å². The first-order chi connectivity index (χ1) is 17.1. The standard InChI is InChI=1S/C26H26F4N4O2.2H2S/c1-4-13-34-24-20(15(3)32-34)21(16-9-11-19(27)12-10-16)22(25(36)33(24)5-2)31-23(35)17-7-6-8-18(14-17)26(28,29)30;;/h6-12,14,21-22H,4-5,13H2,1-3H3,(H,31,35);2*1H2/t21-,22-;;/m0../s1. The molecule has 6 nitrogen and oxygen atoms in total. The van der Waals surface area contributed by atoms with E-state index in [1.807, 2.05) is 6.92 Å². The summed E-state index contributed by atoms with van der Waals surface area (Å²) in [5, 5.41) is 7.30. The SMILES string of the molecule is CCCn1nc(C)c2c1N(CC)C(=O)[C@@H](NC(=O)c1cccc(C(F)(F)F)c1)[C@H]2c1ccc(F)cc1.S.S. The van der Waals surface area contributed by atoms with E-state index in [1.54, 1.807) is 30.7 Å². The molecule has 0 radical (unpaired) electrons. The van der Waals surface area contributed by atoms with E-state index < -0.39 is 41.3 Å². The number of likely N-dealkylation sites (N-methyl/N-ethyl adjacent to an activating group) is 1. The van der Waals surface area contributed by atoms with Gasteiger partial charge in [0.1, 0.15) is 17.7 Å². The second-order valence-corrected chi connectivity index (χ2v) is 8.69. The smallest absolute Gasteiger partial charge is 0.339 e. The highest BCUT2D eigenvalue weighted by atomic mass is 32.1. The molecule has 206 valence electrons. The summed E-state index contributed by atoms with van der Waals surface area (Å²) in [4.78, 5) is 28.4. The van der Waals surface area contributed by atoms with Gasteiger partial charge >= 0.3 is 6.18 Å². The molecule has 2 aromatic carbocycles. The average Bonchev–Trinajstić information content (AvgIpc) is 3.15. The third-order valence-electron chi connectivity index (χ3n) is 6.30. The first-order valence-electron chi connectivity index (χ1n) is 11.7. The van der Waals surface area contributed by atoms with Gasteiger partial charge in [-0.2, -0.15) is 45.3 Å². The highest BCUT2D eigenvalue weighted by molar-refractivity contribution is 7.59. The van der Waals surface area contributed by atoms with Crippen molar-refractivity contribution in [2.45, 2.75) is 51.9 Å². The Morgan fingerprint density at radius 2 is 1.74 bits per heavy atom. The molecule has 2 atom stereocenters. The molecule has 1 aliphatic heterocycles. The highest BCUT2D eigenvalue weighted by Gasteiger charge is 2.45. The zero-order valence-electron chi connectivity index (χ0n) is 21.1. The highest BCUT2D eigenvalue weighted by Crippen LogP contribution is 2.42. The number of halogens is 4. The molecule has 0 bridgehead atoms. The lowest BCUT2D eigenvalue weighted by atomic mass is 9.81. The first-order valence-corrected chi connectivity index (χ1v) is 11.7. The topological polar surface area (TPSA) is 67.2 Å². The molecular weight excluding hydrogens is 540 g/mol. The number of aromatic nitrogens is 2. The number of fused-ring (bicyclic) bond motifs is 1. The molecule has 1 N–H and O–H groups in total. The Hall–Kier alpha value is -2.99. The summed E-state index contributed by atoms with van der Waals surface area (Å²) in [6.45, 7) is 6.45. The molecule has 0 saturated heterocycles. The number of anilines is 1. The monoisotopic (exact) mass is 570 g/mol. The predicted molar refractivity (Wildman–Crippen MR) is 147 cm³/mol. The van der Waals surface area contributed by atoms with Crippen LogP contribution in [0.15, 0.2) is 48.5 Å². The molecule has 12 heteroatoms. The number of aryl methyl sites for hydroxylation is 2. The van der Waals surface area contributed by atoms with Crippen LogP contribution in [-0.4, -0.2) is 34.2 Å². The lowest BCUT2D eigenvalue weighted by Crippen LogP contribution is -2.55. The van der Waals surface area contributed by atoms with Gasteiger partial charge in [-0.3, -0.25) is 14.5 Å². The Morgan fingerprint density at radius 1 is 1.08 bits per heavy atom. The molecule has 0 spiro atoms. The molecule has 0 saturated carbocycles. The minimum atomic E-state index is -4.62. The van der Waals surface area contributed by atoms with Gasteiger partial charge in [0.15, 0.2) is 0 Å². The lowest BCUT2D eigenvalue weighted by Gasteiger charge is -2.38. The molecule has 3 aromatic rings. The number of carbonyl (C=O) groups is 2. The zero-order valence-corrected chi connectivity index (χ0v) is 23.1. The number of rotatable bonds is 6. The third-order valence-corrected chi connectivity index (χ3v) is 6.30. The van der Waals surface area contributed by atoms with Crippen LogP contribution in [-0.2, 0) is 17.5 Å². The summed E-state index contributed by atoms with van der Waals surface area (Å²) < 4.78 is 55.1. The predicted octanol–water partition coefficient (Wildman–Crippen LogP) is 5.28. The Kier molecular flexibility index (Phi) is 10.1. The first kappa shape index (κ1) is 31.2. The minimum Gasteiger partial charge on any atom is -0.339 e. The maximum Gasteiger partial charge on any atom is 0.416 e. The van der Waals surface area contributed by atoms with Gasteiger partial charge in [-0.25, -0.2) is 9.07 Å². The molecule has 1 aromatic heterocycles. The lowest BCUT2D eigenvalue weighted by molar-refractivity contribution is -0.137. The van der Waals surface area contributed by atoms with Crippen molar-refractivity contribution in [3.05, 3.63) is 82.3 Å². The average molecular weight is 571 g/mol. The van der Waals surface area contributed by atoms with Crippen LogP contribution in [0.25, 0.3) is 0 Å². The van der Waals surface area contributed by atoms with Crippen molar-refractivity contribution < 1.29 is 27.2 Å². The van der Waals surface area contributed by atoms with Crippen LogP contribution in [0.1, 0.15) is 58.9 Å².